The Hall–Kier alpha value is -3.45. The van der Waals surface area contributed by atoms with Gasteiger partial charge in [-0.15, -0.1) is 0 Å². The van der Waals surface area contributed by atoms with E-state index in [2.05, 4.69) is 104 Å². The summed E-state index contributed by atoms with van der Waals surface area (Å²) in [5, 5.41) is 12.0. The van der Waals surface area contributed by atoms with Gasteiger partial charge in [-0.1, -0.05) is 163 Å². The van der Waals surface area contributed by atoms with E-state index >= 15 is 0 Å². The van der Waals surface area contributed by atoms with Crippen molar-refractivity contribution < 1.29 is 24.2 Å². The van der Waals surface area contributed by atoms with E-state index in [1.807, 2.05) is 0 Å². The molecule has 0 saturated carbocycles. The third kappa shape index (κ3) is 42.7. The molecule has 2 unspecified atom stereocenters. The molecule has 2 atom stereocenters. The molecule has 0 fully saturated rings. The van der Waals surface area contributed by atoms with Crippen LogP contribution in [0.25, 0.3) is 0 Å². The number of esters is 1. The number of unbranched alkanes of at least 4 members (excludes halogenated alkanes) is 15. The number of hydrogen-bond acceptors (Lipinski definition) is 5. The summed E-state index contributed by atoms with van der Waals surface area (Å²) in [5.74, 6) is -1.28. The van der Waals surface area contributed by atoms with Gasteiger partial charge in [-0.3, -0.25) is 9.59 Å². The largest absolute Gasteiger partial charge is 0.480 e. The first-order valence-electron chi connectivity index (χ1n) is 24.4. The normalized spacial score (nSPS) is 13.4. The summed E-state index contributed by atoms with van der Waals surface area (Å²) in [7, 11) is 0. The second kappa shape index (κ2) is 46.6. The standard InChI is InChI=1S/C53H90N2O5/c1-3-5-7-9-11-13-15-16-17-18-19-20-21-22-23-24-25-26-28-30-32-37-41-47-52(57)60-49(43-38-34-31-29-27-14-12-10-8-6-4-2)44-39-35-33-36-40-46-51(56)55-50(53(58)59)45-42-48-54/h5,7,11,13,16-17,19-20,22-23,25-26,29,31,49-50H,3-4,6,8-10,12,14-15,18,21,24,27-28,30,32-48,54H2,1-2H3,(H,55,56)(H,58,59)/b7-5-,13-11-,17-16-,20-19-,23-22-,26-25-,31-29-. The van der Waals surface area contributed by atoms with Crippen LogP contribution in [0.5, 0.6) is 0 Å². The topological polar surface area (TPSA) is 119 Å². The van der Waals surface area contributed by atoms with Gasteiger partial charge >= 0.3 is 11.9 Å². The van der Waals surface area contributed by atoms with Gasteiger partial charge in [0.1, 0.15) is 12.1 Å². The van der Waals surface area contributed by atoms with E-state index in [0.29, 0.717) is 32.2 Å². The SMILES string of the molecule is CC/C=C\C/C=C\C/C=C\C/C=C\C/C=C\C/C=C\CCCCCCC(=O)OC(CCC/C=C\CCCCCCCC)CCCCCCCC(=O)NC(CCCN)C(=O)O. The van der Waals surface area contributed by atoms with Crippen LogP contribution in [-0.2, 0) is 19.1 Å². The van der Waals surface area contributed by atoms with E-state index < -0.39 is 12.0 Å². The maximum absolute atomic E-state index is 12.8. The van der Waals surface area contributed by atoms with Crippen LogP contribution in [0.4, 0.5) is 0 Å². The van der Waals surface area contributed by atoms with Crippen LogP contribution in [0.3, 0.4) is 0 Å². The van der Waals surface area contributed by atoms with E-state index in [9.17, 15) is 19.5 Å². The third-order valence-corrected chi connectivity index (χ3v) is 10.4. The van der Waals surface area contributed by atoms with Crippen molar-refractivity contribution in [3.05, 3.63) is 85.1 Å². The van der Waals surface area contributed by atoms with Crippen molar-refractivity contribution in [2.24, 2.45) is 5.73 Å². The zero-order valence-electron chi connectivity index (χ0n) is 38.5. The molecule has 0 bridgehead atoms. The van der Waals surface area contributed by atoms with Crippen LogP contribution in [0.2, 0.25) is 0 Å². The first-order chi connectivity index (χ1) is 29.4. The summed E-state index contributed by atoms with van der Waals surface area (Å²) in [4.78, 5) is 36.5. The second-order valence-electron chi connectivity index (χ2n) is 16.1. The molecule has 342 valence electrons. The predicted molar refractivity (Wildman–Crippen MR) is 257 cm³/mol. The van der Waals surface area contributed by atoms with E-state index in [1.165, 1.54) is 38.5 Å². The molecular formula is C53H90N2O5. The number of carbonyl (C=O) groups is 3. The minimum Gasteiger partial charge on any atom is -0.480 e. The summed E-state index contributed by atoms with van der Waals surface area (Å²) in [6, 6.07) is -0.865. The number of nitrogens with two attached hydrogens (primary N) is 1. The number of rotatable bonds is 43. The Labute approximate surface area is 368 Å². The first kappa shape index (κ1) is 56.5. The van der Waals surface area contributed by atoms with Gasteiger partial charge in [0, 0.05) is 12.8 Å². The van der Waals surface area contributed by atoms with Gasteiger partial charge in [0.05, 0.1) is 0 Å². The first-order valence-corrected chi connectivity index (χ1v) is 24.4. The highest BCUT2D eigenvalue weighted by Gasteiger charge is 2.19. The zero-order valence-corrected chi connectivity index (χ0v) is 38.5. The molecule has 0 heterocycles. The quantitative estimate of drug-likeness (QED) is 0.0320. The molecule has 4 N–H and O–H groups in total. The number of allylic oxidation sites excluding steroid dienone is 14. The molecule has 0 rings (SSSR count). The zero-order chi connectivity index (χ0) is 43.8. The fourth-order valence-corrected chi connectivity index (χ4v) is 6.81. The maximum atomic E-state index is 12.8. The number of carbonyl (C=O) groups excluding carboxylic acids is 2. The lowest BCUT2D eigenvalue weighted by molar-refractivity contribution is -0.150. The van der Waals surface area contributed by atoms with Crippen molar-refractivity contribution in [1.82, 2.24) is 5.32 Å². The minimum atomic E-state index is -1.01. The highest BCUT2D eigenvalue weighted by atomic mass is 16.5. The molecular weight excluding hydrogens is 745 g/mol. The molecule has 60 heavy (non-hydrogen) atoms. The number of ether oxygens (including phenoxy) is 1. The van der Waals surface area contributed by atoms with Gasteiger partial charge in [0.15, 0.2) is 0 Å². The van der Waals surface area contributed by atoms with E-state index in [1.54, 1.807) is 0 Å². The summed E-state index contributed by atoms with van der Waals surface area (Å²) >= 11 is 0. The Morgan fingerprint density at radius 2 is 0.933 bits per heavy atom. The Kier molecular flexibility index (Phi) is 43.9. The van der Waals surface area contributed by atoms with E-state index in [0.717, 1.165) is 135 Å². The Balaban J connectivity index is 4.33. The lowest BCUT2D eigenvalue weighted by Crippen LogP contribution is -2.40. The fraction of sp³-hybridized carbons (Fsp3) is 0.679. The lowest BCUT2D eigenvalue weighted by Gasteiger charge is -2.18. The van der Waals surface area contributed by atoms with Crippen molar-refractivity contribution in [2.45, 2.75) is 225 Å². The van der Waals surface area contributed by atoms with Crippen LogP contribution in [0.1, 0.15) is 213 Å². The van der Waals surface area contributed by atoms with Gasteiger partial charge in [-0.05, 0) is 129 Å². The number of hydrogen-bond donors (Lipinski definition) is 3. The average molecular weight is 835 g/mol. The lowest BCUT2D eigenvalue weighted by atomic mass is 10.0. The molecule has 0 aliphatic carbocycles. The Bertz CT molecular complexity index is 1210. The highest BCUT2D eigenvalue weighted by molar-refractivity contribution is 5.83. The van der Waals surface area contributed by atoms with Crippen LogP contribution >= 0.6 is 0 Å². The number of carboxylic acids is 1. The predicted octanol–water partition coefficient (Wildman–Crippen LogP) is 14.5. The molecule has 7 nitrogen and oxygen atoms in total. The number of nitrogens with one attached hydrogen (secondary N) is 1. The van der Waals surface area contributed by atoms with Crippen LogP contribution in [0, 0.1) is 0 Å². The summed E-state index contributed by atoms with van der Waals surface area (Å²) in [5.41, 5.74) is 5.49. The fourth-order valence-electron chi connectivity index (χ4n) is 6.81. The summed E-state index contributed by atoms with van der Waals surface area (Å²) in [6.45, 7) is 4.82. The van der Waals surface area contributed by atoms with Crippen molar-refractivity contribution in [2.75, 3.05) is 6.54 Å². The van der Waals surface area contributed by atoms with E-state index in [4.69, 9.17) is 10.5 Å². The van der Waals surface area contributed by atoms with Gasteiger partial charge < -0.3 is 20.9 Å². The average Bonchev–Trinajstić information content (AvgIpc) is 3.23. The van der Waals surface area contributed by atoms with E-state index in [-0.39, 0.29) is 18.0 Å². The molecule has 0 aromatic heterocycles. The Morgan fingerprint density at radius 3 is 1.47 bits per heavy atom. The second-order valence-corrected chi connectivity index (χ2v) is 16.1. The van der Waals surface area contributed by atoms with Gasteiger partial charge in [0.2, 0.25) is 5.91 Å². The van der Waals surface area contributed by atoms with Crippen molar-refractivity contribution >= 4 is 17.8 Å². The van der Waals surface area contributed by atoms with Crippen molar-refractivity contribution in [3.63, 3.8) is 0 Å². The minimum absolute atomic E-state index is 0.0372. The molecule has 0 aliphatic rings. The number of aliphatic carboxylic acids is 1. The van der Waals surface area contributed by atoms with Gasteiger partial charge in [-0.25, -0.2) is 4.79 Å². The van der Waals surface area contributed by atoms with Crippen molar-refractivity contribution in [3.8, 4) is 0 Å². The van der Waals surface area contributed by atoms with Crippen LogP contribution < -0.4 is 11.1 Å². The molecule has 0 spiro atoms. The molecule has 7 heteroatoms. The third-order valence-electron chi connectivity index (χ3n) is 10.4. The van der Waals surface area contributed by atoms with Crippen LogP contribution in [0.15, 0.2) is 85.1 Å². The monoisotopic (exact) mass is 835 g/mol. The molecule has 1 amide bonds. The molecule has 0 aromatic carbocycles. The molecule has 0 saturated heterocycles. The van der Waals surface area contributed by atoms with Crippen LogP contribution in [-0.4, -0.2) is 41.6 Å². The van der Waals surface area contributed by atoms with Gasteiger partial charge in [-0.2, -0.15) is 0 Å². The molecule has 0 aliphatic heterocycles. The summed E-state index contributed by atoms with van der Waals surface area (Å²) in [6.07, 6.45) is 62.0. The number of carboxylic acid groups (broad SMARTS) is 1. The smallest absolute Gasteiger partial charge is 0.326 e. The highest BCUT2D eigenvalue weighted by Crippen LogP contribution is 2.18. The van der Waals surface area contributed by atoms with Crippen molar-refractivity contribution in [1.29, 1.82) is 0 Å². The number of amides is 1. The molecule has 0 aromatic rings. The maximum Gasteiger partial charge on any atom is 0.326 e. The molecule has 0 radical (unpaired) electrons. The van der Waals surface area contributed by atoms with Gasteiger partial charge in [0.25, 0.3) is 0 Å². The Morgan fingerprint density at radius 1 is 0.500 bits per heavy atom. The summed E-state index contributed by atoms with van der Waals surface area (Å²) < 4.78 is 6.04.